The number of carbonyl (C=O) groups is 3. The summed E-state index contributed by atoms with van der Waals surface area (Å²) in [6.45, 7) is 6.71. The van der Waals surface area contributed by atoms with Crippen LogP contribution in [0.3, 0.4) is 0 Å². The maximum absolute atomic E-state index is 11.9. The predicted molar refractivity (Wildman–Crippen MR) is 82.7 cm³/mol. The highest BCUT2D eigenvalue weighted by molar-refractivity contribution is 14.1. The van der Waals surface area contributed by atoms with Gasteiger partial charge in [0.15, 0.2) is 0 Å². The molecule has 0 bridgehead atoms. The maximum atomic E-state index is 11.9. The summed E-state index contributed by atoms with van der Waals surface area (Å²) in [5, 5.41) is 18.1. The van der Waals surface area contributed by atoms with E-state index < -0.39 is 47.7 Å². The van der Waals surface area contributed by atoms with Gasteiger partial charge in [-0.1, -0.05) is 42.2 Å². The first kappa shape index (κ1) is 17.4. The third-order valence-electron chi connectivity index (χ3n) is 3.40. The normalized spacial score (nSPS) is 29.4. The van der Waals surface area contributed by atoms with Crippen molar-refractivity contribution in [3.63, 3.8) is 0 Å². The molecule has 0 aliphatic heterocycles. The van der Waals surface area contributed by atoms with Gasteiger partial charge in [-0.3, -0.25) is 14.4 Å². The van der Waals surface area contributed by atoms with Gasteiger partial charge in [-0.2, -0.15) is 0 Å². The minimum Gasteiger partial charge on any atom is -0.481 e. The molecule has 1 rings (SSSR count). The number of carboxylic acid groups (broad SMARTS) is 2. The number of halogens is 1. The molecule has 4 atom stereocenters. The van der Waals surface area contributed by atoms with Crippen molar-refractivity contribution in [2.45, 2.75) is 29.6 Å². The molecule has 1 unspecified atom stereocenters. The Morgan fingerprint density at radius 2 is 1.55 bits per heavy atom. The first-order chi connectivity index (χ1) is 9.06. The number of carboxylic acids is 2. The van der Waals surface area contributed by atoms with E-state index in [2.05, 4.69) is 19.6 Å². The van der Waals surface area contributed by atoms with E-state index in [4.69, 9.17) is 14.9 Å². The Bertz CT molecular complexity index is 419. The van der Waals surface area contributed by atoms with E-state index >= 15 is 0 Å². The fraction of sp³-hybridized carbons (Fsp3) is 0.750. The molecule has 0 spiro atoms. The van der Waals surface area contributed by atoms with Crippen LogP contribution in [0.5, 0.6) is 0 Å². The zero-order valence-electron chi connectivity index (χ0n) is 11.6. The summed E-state index contributed by atoms with van der Waals surface area (Å²) < 4.78 is 4.60. The van der Waals surface area contributed by atoms with Crippen LogP contribution in [-0.4, -0.2) is 46.7 Å². The monoisotopic (exact) mass is 414 g/mol. The molecule has 1 aliphatic rings. The molecule has 0 heterocycles. The Labute approximate surface area is 132 Å². The number of rotatable bonds is 6. The zero-order valence-corrected chi connectivity index (χ0v) is 14.8. The van der Waals surface area contributed by atoms with Crippen molar-refractivity contribution >= 4 is 48.6 Å². The van der Waals surface area contributed by atoms with Gasteiger partial charge < -0.3 is 14.9 Å². The summed E-state index contributed by atoms with van der Waals surface area (Å²) in [5.41, 5.74) is 0. The highest BCUT2D eigenvalue weighted by Gasteiger charge is 2.60. The predicted octanol–water partition coefficient (Wildman–Crippen LogP) is 1.70. The Morgan fingerprint density at radius 3 is 1.95 bits per heavy atom. The van der Waals surface area contributed by atoms with Gasteiger partial charge in [-0.25, -0.2) is 0 Å². The second-order valence-corrected chi connectivity index (χ2v) is 13.2. The standard InChI is InChI=1S/C12H19IO6Si/c1-20(2,3)5-4-19-12(18)8-6(10(14)15)7(9(8)13)11(16)17/h6-9H,4-5H2,1-3H3,(H,14,15)(H,16,17)/t6-,7+,8+,9?/m1/s1. The molecular weight excluding hydrogens is 395 g/mol. The van der Waals surface area contributed by atoms with Crippen LogP contribution in [0.2, 0.25) is 25.7 Å². The van der Waals surface area contributed by atoms with Crippen LogP contribution in [0.4, 0.5) is 0 Å². The Kier molecular flexibility index (Phi) is 5.59. The number of hydrogen-bond acceptors (Lipinski definition) is 4. The third kappa shape index (κ3) is 3.93. The van der Waals surface area contributed by atoms with E-state index in [9.17, 15) is 14.4 Å². The van der Waals surface area contributed by atoms with Crippen molar-refractivity contribution in [3.05, 3.63) is 0 Å². The summed E-state index contributed by atoms with van der Waals surface area (Å²) in [6, 6.07) is 0.803. The molecule has 0 aromatic carbocycles. The summed E-state index contributed by atoms with van der Waals surface area (Å²) >= 11 is 1.83. The minimum atomic E-state index is -1.33. The van der Waals surface area contributed by atoms with Crippen LogP contribution in [0.15, 0.2) is 0 Å². The van der Waals surface area contributed by atoms with E-state index in [0.29, 0.717) is 0 Å². The van der Waals surface area contributed by atoms with Crippen molar-refractivity contribution in [2.75, 3.05) is 6.61 Å². The lowest BCUT2D eigenvalue weighted by Crippen LogP contribution is -2.58. The molecule has 0 saturated heterocycles. The molecular formula is C12H19IO6Si. The van der Waals surface area contributed by atoms with Crippen molar-refractivity contribution in [1.29, 1.82) is 0 Å². The molecule has 1 fully saturated rings. The van der Waals surface area contributed by atoms with Gasteiger partial charge in [0, 0.05) is 12.0 Å². The molecule has 2 N–H and O–H groups in total. The van der Waals surface area contributed by atoms with Crippen molar-refractivity contribution in [1.82, 2.24) is 0 Å². The summed E-state index contributed by atoms with van der Waals surface area (Å²) in [5.74, 6) is -6.10. The smallest absolute Gasteiger partial charge is 0.310 e. The second-order valence-electron chi connectivity index (χ2n) is 6.18. The van der Waals surface area contributed by atoms with Gasteiger partial charge >= 0.3 is 17.9 Å². The number of hydrogen-bond donors (Lipinski definition) is 2. The van der Waals surface area contributed by atoms with Gasteiger partial charge in [0.1, 0.15) is 0 Å². The van der Waals surface area contributed by atoms with Crippen LogP contribution in [0, 0.1) is 17.8 Å². The average Bonchev–Trinajstić information content (AvgIpc) is 2.22. The van der Waals surface area contributed by atoms with Crippen LogP contribution in [-0.2, 0) is 19.1 Å². The number of alkyl halides is 1. The fourth-order valence-corrected chi connectivity index (χ4v) is 4.34. The molecule has 114 valence electrons. The molecule has 20 heavy (non-hydrogen) atoms. The van der Waals surface area contributed by atoms with Gasteiger partial charge in [0.05, 0.1) is 24.4 Å². The average molecular weight is 414 g/mol. The Morgan fingerprint density at radius 1 is 1.05 bits per heavy atom. The molecule has 0 amide bonds. The SMILES string of the molecule is C[Si](C)(C)CCOC(=O)[C@@H]1C(I)[C@@H](C(=O)O)[C@H]1C(=O)O. The molecule has 1 saturated carbocycles. The number of aliphatic carboxylic acids is 2. The first-order valence-corrected chi connectivity index (χ1v) is 11.3. The van der Waals surface area contributed by atoms with Gasteiger partial charge in [0.25, 0.3) is 0 Å². The molecule has 0 aromatic heterocycles. The highest BCUT2D eigenvalue weighted by Crippen LogP contribution is 2.47. The lowest BCUT2D eigenvalue weighted by molar-refractivity contribution is -0.174. The Balaban J connectivity index is 2.64. The topological polar surface area (TPSA) is 101 Å². The lowest BCUT2D eigenvalue weighted by Gasteiger charge is -2.42. The van der Waals surface area contributed by atoms with E-state index in [1.165, 1.54) is 0 Å². The third-order valence-corrected chi connectivity index (χ3v) is 6.65. The van der Waals surface area contributed by atoms with E-state index in [1.54, 1.807) is 0 Å². The molecule has 8 heteroatoms. The fourth-order valence-electron chi connectivity index (χ4n) is 2.13. The van der Waals surface area contributed by atoms with Crippen LogP contribution >= 0.6 is 22.6 Å². The molecule has 0 aromatic rings. The largest absolute Gasteiger partial charge is 0.481 e. The van der Waals surface area contributed by atoms with E-state index in [0.717, 1.165) is 6.04 Å². The number of ether oxygens (including phenoxy) is 1. The van der Waals surface area contributed by atoms with Gasteiger partial charge in [0.2, 0.25) is 0 Å². The first-order valence-electron chi connectivity index (χ1n) is 6.32. The quantitative estimate of drug-likeness (QED) is 0.297. The maximum Gasteiger partial charge on any atom is 0.310 e. The zero-order chi connectivity index (χ0) is 15.7. The molecule has 0 radical (unpaired) electrons. The lowest BCUT2D eigenvalue weighted by atomic mass is 9.64. The minimum absolute atomic E-state index is 0.276. The van der Waals surface area contributed by atoms with Crippen molar-refractivity contribution in [3.8, 4) is 0 Å². The number of carbonyl (C=O) groups excluding carboxylic acids is 1. The van der Waals surface area contributed by atoms with Crippen LogP contribution < -0.4 is 0 Å². The van der Waals surface area contributed by atoms with Crippen LogP contribution in [0.1, 0.15) is 0 Å². The van der Waals surface area contributed by atoms with Crippen molar-refractivity contribution < 1.29 is 29.3 Å². The van der Waals surface area contributed by atoms with Crippen molar-refractivity contribution in [2.24, 2.45) is 17.8 Å². The second kappa shape index (κ2) is 6.42. The van der Waals surface area contributed by atoms with Crippen LogP contribution in [0.25, 0.3) is 0 Å². The summed E-state index contributed by atoms with van der Waals surface area (Å²) in [7, 11) is -1.33. The number of esters is 1. The summed E-state index contributed by atoms with van der Waals surface area (Å²) in [6.07, 6.45) is 0. The Hall–Kier alpha value is -0.643. The summed E-state index contributed by atoms with van der Waals surface area (Å²) in [4.78, 5) is 34.1. The van der Waals surface area contributed by atoms with E-state index in [-0.39, 0.29) is 6.61 Å². The van der Waals surface area contributed by atoms with Gasteiger partial charge in [-0.15, -0.1) is 0 Å². The molecule has 6 nitrogen and oxygen atoms in total. The van der Waals surface area contributed by atoms with E-state index in [1.807, 2.05) is 22.6 Å². The highest BCUT2D eigenvalue weighted by atomic mass is 127. The molecule has 1 aliphatic carbocycles. The van der Waals surface area contributed by atoms with Gasteiger partial charge in [-0.05, 0) is 6.04 Å².